The van der Waals surface area contributed by atoms with Crippen molar-refractivity contribution in [3.8, 4) is 16.9 Å². The molecule has 0 spiro atoms. The van der Waals surface area contributed by atoms with Crippen molar-refractivity contribution in [1.29, 1.82) is 0 Å². The smallest absolute Gasteiger partial charge is 0.151 e. The molecule has 3 nitrogen and oxygen atoms in total. The summed E-state index contributed by atoms with van der Waals surface area (Å²) in [6.07, 6.45) is 5.08. The van der Waals surface area contributed by atoms with Crippen LogP contribution in [0.1, 0.15) is 5.56 Å². The van der Waals surface area contributed by atoms with E-state index in [1.165, 1.54) is 16.8 Å². The van der Waals surface area contributed by atoms with E-state index >= 15 is 0 Å². The van der Waals surface area contributed by atoms with Gasteiger partial charge in [-0.15, -0.1) is 0 Å². The van der Waals surface area contributed by atoms with E-state index in [9.17, 15) is 8.78 Å². The third-order valence-electron chi connectivity index (χ3n) is 2.99. The number of benzene rings is 1. The highest BCUT2D eigenvalue weighted by Crippen LogP contribution is 2.23. The van der Waals surface area contributed by atoms with E-state index in [0.717, 1.165) is 22.9 Å². The fraction of sp³-hybridized carbons (Fsp3) is 0.0667. The highest BCUT2D eigenvalue weighted by molar-refractivity contribution is 5.61. The first-order chi connectivity index (χ1) is 9.65. The summed E-state index contributed by atoms with van der Waals surface area (Å²) in [7, 11) is 0. The highest BCUT2D eigenvalue weighted by Gasteiger charge is 2.12. The first kappa shape index (κ1) is 12.5. The maximum atomic E-state index is 13.8. The molecular formula is C15H11F2N3. The first-order valence-corrected chi connectivity index (χ1v) is 6.07. The van der Waals surface area contributed by atoms with Crippen LogP contribution >= 0.6 is 0 Å². The minimum absolute atomic E-state index is 0.213. The lowest BCUT2D eigenvalue weighted by Gasteiger charge is -2.02. The van der Waals surface area contributed by atoms with Gasteiger partial charge in [-0.2, -0.15) is 5.10 Å². The Morgan fingerprint density at radius 2 is 2.00 bits per heavy atom. The molecule has 20 heavy (non-hydrogen) atoms. The zero-order valence-electron chi connectivity index (χ0n) is 10.7. The average Bonchev–Trinajstić information content (AvgIpc) is 2.81. The summed E-state index contributed by atoms with van der Waals surface area (Å²) in [6, 6.07) is 7.11. The standard InChI is InChI=1S/C15H11F2N3/c1-10-9-20(14-5-4-12(16)7-13(14)17)19-15(10)11-3-2-6-18-8-11/h2-9H,1H3. The van der Waals surface area contributed by atoms with E-state index in [1.54, 1.807) is 18.6 Å². The van der Waals surface area contributed by atoms with Crippen molar-refractivity contribution in [3.05, 3.63) is 66.1 Å². The van der Waals surface area contributed by atoms with Gasteiger partial charge >= 0.3 is 0 Å². The lowest BCUT2D eigenvalue weighted by Crippen LogP contribution is -1.99. The van der Waals surface area contributed by atoms with Crippen LogP contribution in [0.25, 0.3) is 16.9 Å². The Kier molecular flexibility index (Phi) is 3.02. The molecule has 100 valence electrons. The fourth-order valence-electron chi connectivity index (χ4n) is 2.04. The molecule has 2 heterocycles. The molecule has 0 radical (unpaired) electrons. The number of hydrogen-bond donors (Lipinski definition) is 0. The van der Waals surface area contributed by atoms with Gasteiger partial charge in [0.1, 0.15) is 11.5 Å². The summed E-state index contributed by atoms with van der Waals surface area (Å²) in [4.78, 5) is 4.04. The lowest BCUT2D eigenvalue weighted by atomic mass is 10.1. The lowest BCUT2D eigenvalue weighted by molar-refractivity contribution is 0.574. The second kappa shape index (κ2) is 4.85. The van der Waals surface area contributed by atoms with Gasteiger partial charge in [0.2, 0.25) is 0 Å². The molecule has 0 aliphatic carbocycles. The van der Waals surface area contributed by atoms with E-state index in [1.807, 2.05) is 19.1 Å². The summed E-state index contributed by atoms with van der Waals surface area (Å²) in [5.41, 5.74) is 2.68. The van der Waals surface area contributed by atoms with Gasteiger partial charge in [-0.25, -0.2) is 13.5 Å². The number of halogens is 2. The summed E-state index contributed by atoms with van der Waals surface area (Å²) in [5.74, 6) is -1.26. The molecule has 0 atom stereocenters. The molecule has 0 amide bonds. The molecule has 0 aliphatic rings. The number of rotatable bonds is 2. The Balaban J connectivity index is 2.09. The number of hydrogen-bond acceptors (Lipinski definition) is 2. The Labute approximate surface area is 114 Å². The molecule has 5 heteroatoms. The monoisotopic (exact) mass is 271 g/mol. The van der Waals surface area contributed by atoms with Crippen LogP contribution in [0.5, 0.6) is 0 Å². The Morgan fingerprint density at radius 1 is 1.15 bits per heavy atom. The van der Waals surface area contributed by atoms with E-state index in [-0.39, 0.29) is 5.69 Å². The quantitative estimate of drug-likeness (QED) is 0.714. The van der Waals surface area contributed by atoms with Crippen molar-refractivity contribution >= 4 is 0 Å². The fourth-order valence-corrected chi connectivity index (χ4v) is 2.04. The van der Waals surface area contributed by atoms with Crippen LogP contribution in [0, 0.1) is 18.6 Å². The Bertz CT molecular complexity index is 751. The minimum atomic E-state index is -0.648. The summed E-state index contributed by atoms with van der Waals surface area (Å²) >= 11 is 0. The van der Waals surface area contributed by atoms with Gasteiger partial charge in [0.15, 0.2) is 5.82 Å². The zero-order valence-corrected chi connectivity index (χ0v) is 10.7. The van der Waals surface area contributed by atoms with Crippen molar-refractivity contribution in [3.63, 3.8) is 0 Å². The van der Waals surface area contributed by atoms with Gasteiger partial charge in [-0.3, -0.25) is 4.98 Å². The maximum Gasteiger partial charge on any atom is 0.151 e. The Hall–Kier alpha value is -2.56. The molecule has 0 fully saturated rings. The van der Waals surface area contributed by atoms with Crippen LogP contribution in [0.4, 0.5) is 8.78 Å². The van der Waals surface area contributed by atoms with Crippen LogP contribution in [0.15, 0.2) is 48.9 Å². The molecule has 0 aliphatic heterocycles. The molecule has 0 N–H and O–H groups in total. The molecule has 2 aromatic heterocycles. The highest BCUT2D eigenvalue weighted by atomic mass is 19.1. The number of aromatic nitrogens is 3. The molecule has 3 rings (SSSR count). The van der Waals surface area contributed by atoms with Crippen LogP contribution in [0.2, 0.25) is 0 Å². The topological polar surface area (TPSA) is 30.7 Å². The van der Waals surface area contributed by atoms with Crippen molar-refractivity contribution in [2.75, 3.05) is 0 Å². The second-order valence-corrected chi connectivity index (χ2v) is 4.44. The normalized spacial score (nSPS) is 10.8. The van der Waals surface area contributed by atoms with Crippen molar-refractivity contribution < 1.29 is 8.78 Å². The van der Waals surface area contributed by atoms with Gasteiger partial charge < -0.3 is 0 Å². The maximum absolute atomic E-state index is 13.8. The first-order valence-electron chi connectivity index (χ1n) is 6.07. The SMILES string of the molecule is Cc1cn(-c2ccc(F)cc2F)nc1-c1cccnc1. The van der Waals surface area contributed by atoms with Gasteiger partial charge in [0.25, 0.3) is 0 Å². The van der Waals surface area contributed by atoms with Crippen LogP contribution < -0.4 is 0 Å². The molecule has 0 saturated carbocycles. The third-order valence-corrected chi connectivity index (χ3v) is 2.99. The van der Waals surface area contributed by atoms with Gasteiger partial charge in [0.05, 0.1) is 5.69 Å². The third kappa shape index (κ3) is 2.18. The average molecular weight is 271 g/mol. The van der Waals surface area contributed by atoms with Crippen molar-refractivity contribution in [2.45, 2.75) is 6.92 Å². The van der Waals surface area contributed by atoms with Gasteiger partial charge in [0, 0.05) is 30.2 Å². The molecule has 1 aromatic carbocycles. The Morgan fingerprint density at radius 3 is 2.70 bits per heavy atom. The van der Waals surface area contributed by atoms with Crippen molar-refractivity contribution in [1.82, 2.24) is 14.8 Å². The second-order valence-electron chi connectivity index (χ2n) is 4.44. The summed E-state index contributed by atoms with van der Waals surface area (Å²) < 4.78 is 28.1. The van der Waals surface area contributed by atoms with E-state index in [2.05, 4.69) is 10.1 Å². The van der Waals surface area contributed by atoms with Gasteiger partial charge in [-0.05, 0) is 36.8 Å². The predicted molar refractivity (Wildman–Crippen MR) is 71.4 cm³/mol. The van der Waals surface area contributed by atoms with E-state index in [4.69, 9.17) is 0 Å². The van der Waals surface area contributed by atoms with E-state index < -0.39 is 11.6 Å². The molecule has 0 bridgehead atoms. The van der Waals surface area contributed by atoms with Crippen LogP contribution in [0.3, 0.4) is 0 Å². The number of aryl methyl sites for hydroxylation is 1. The van der Waals surface area contributed by atoms with Crippen LogP contribution in [-0.2, 0) is 0 Å². The van der Waals surface area contributed by atoms with Gasteiger partial charge in [-0.1, -0.05) is 0 Å². The number of pyridine rings is 1. The zero-order chi connectivity index (χ0) is 14.1. The summed E-state index contributed by atoms with van der Waals surface area (Å²) in [5, 5.41) is 4.35. The van der Waals surface area contributed by atoms with E-state index in [0.29, 0.717) is 0 Å². The predicted octanol–water partition coefficient (Wildman–Crippen LogP) is 3.52. The molecule has 0 saturated heterocycles. The summed E-state index contributed by atoms with van der Waals surface area (Å²) in [6.45, 7) is 1.88. The van der Waals surface area contributed by atoms with Crippen molar-refractivity contribution in [2.24, 2.45) is 0 Å². The number of nitrogens with zero attached hydrogens (tertiary/aromatic N) is 3. The minimum Gasteiger partial charge on any atom is -0.264 e. The largest absolute Gasteiger partial charge is 0.264 e. The molecule has 3 aromatic rings. The molecular weight excluding hydrogens is 260 g/mol. The van der Waals surface area contributed by atoms with Crippen LogP contribution in [-0.4, -0.2) is 14.8 Å². The molecule has 0 unspecified atom stereocenters.